The summed E-state index contributed by atoms with van der Waals surface area (Å²) in [6.07, 6.45) is 0.0459. The van der Waals surface area contributed by atoms with E-state index in [0.29, 0.717) is 16.8 Å². The second-order valence-electron chi connectivity index (χ2n) is 6.13. The number of hydrogen-bond donors (Lipinski definition) is 1. The highest BCUT2D eigenvalue weighted by molar-refractivity contribution is 7.13. The molecule has 3 amide bonds. The number of carbonyl (C=O) groups excluding carboxylic acids is 3. The van der Waals surface area contributed by atoms with Crippen molar-refractivity contribution < 1.29 is 14.4 Å². The van der Waals surface area contributed by atoms with Gasteiger partial charge in [0.25, 0.3) is 11.8 Å². The Balaban J connectivity index is 1.43. The zero-order valence-electron chi connectivity index (χ0n) is 14.3. The van der Waals surface area contributed by atoms with Crippen molar-refractivity contribution in [1.29, 1.82) is 0 Å². The Morgan fingerprint density at radius 3 is 2.11 bits per heavy atom. The van der Waals surface area contributed by atoms with Gasteiger partial charge >= 0.3 is 0 Å². The molecule has 2 aromatic carbocycles. The summed E-state index contributed by atoms with van der Waals surface area (Å²) in [5, 5.41) is 4.87. The van der Waals surface area contributed by atoms with Crippen molar-refractivity contribution in [3.8, 4) is 10.4 Å². The first-order chi connectivity index (χ1) is 13.1. The van der Waals surface area contributed by atoms with Crippen molar-refractivity contribution in [3.63, 3.8) is 0 Å². The van der Waals surface area contributed by atoms with E-state index in [4.69, 9.17) is 0 Å². The summed E-state index contributed by atoms with van der Waals surface area (Å²) in [6, 6.07) is 18.2. The lowest BCUT2D eigenvalue weighted by Gasteiger charge is -2.14. The van der Waals surface area contributed by atoms with Gasteiger partial charge in [0, 0.05) is 29.1 Å². The number of nitrogens with one attached hydrogen (secondary N) is 1. The molecule has 1 N–H and O–H groups in total. The fourth-order valence-electron chi connectivity index (χ4n) is 3.11. The number of nitrogens with zero attached hydrogens (tertiary/aromatic N) is 1. The molecule has 27 heavy (non-hydrogen) atoms. The van der Waals surface area contributed by atoms with E-state index >= 15 is 0 Å². The molecule has 0 radical (unpaired) electrons. The van der Waals surface area contributed by atoms with Crippen LogP contribution in [0.2, 0.25) is 0 Å². The Bertz CT molecular complexity index is 992. The number of carbonyl (C=O) groups is 3. The van der Waals surface area contributed by atoms with Crippen LogP contribution < -0.4 is 5.32 Å². The van der Waals surface area contributed by atoms with Gasteiger partial charge in [-0.2, -0.15) is 0 Å². The van der Waals surface area contributed by atoms with E-state index in [2.05, 4.69) is 5.32 Å². The van der Waals surface area contributed by atoms with Crippen molar-refractivity contribution in [2.75, 3.05) is 11.9 Å². The minimum atomic E-state index is -0.345. The van der Waals surface area contributed by atoms with Crippen molar-refractivity contribution in [1.82, 2.24) is 4.90 Å². The lowest BCUT2D eigenvalue weighted by Crippen LogP contribution is -2.32. The molecule has 4 rings (SSSR count). The number of imide groups is 1. The molecule has 0 saturated carbocycles. The summed E-state index contributed by atoms with van der Waals surface area (Å²) in [5.74, 6) is -0.930. The number of amides is 3. The Morgan fingerprint density at radius 2 is 1.48 bits per heavy atom. The highest BCUT2D eigenvalue weighted by atomic mass is 32.1. The van der Waals surface area contributed by atoms with Crippen LogP contribution in [0, 0.1) is 0 Å². The van der Waals surface area contributed by atoms with Gasteiger partial charge in [0.1, 0.15) is 0 Å². The summed E-state index contributed by atoms with van der Waals surface area (Å²) in [6.45, 7) is 0.0549. The molecule has 1 aliphatic heterocycles. The Hall–Kier alpha value is -3.25. The van der Waals surface area contributed by atoms with E-state index in [1.165, 1.54) is 0 Å². The number of para-hydroxylation sites is 1. The maximum atomic E-state index is 12.4. The number of thiophene rings is 1. The third-order valence-electron chi connectivity index (χ3n) is 4.43. The topological polar surface area (TPSA) is 66.5 Å². The molecule has 134 valence electrons. The van der Waals surface area contributed by atoms with Crippen LogP contribution in [0.4, 0.5) is 5.69 Å². The maximum Gasteiger partial charge on any atom is 0.261 e. The van der Waals surface area contributed by atoms with E-state index in [1.54, 1.807) is 35.6 Å². The number of rotatable bonds is 5. The summed E-state index contributed by atoms with van der Waals surface area (Å²) in [5.41, 5.74) is 2.45. The van der Waals surface area contributed by atoms with Crippen molar-refractivity contribution in [2.24, 2.45) is 0 Å². The lowest BCUT2D eigenvalue weighted by molar-refractivity contribution is -0.116. The monoisotopic (exact) mass is 376 g/mol. The van der Waals surface area contributed by atoms with E-state index in [0.717, 1.165) is 15.3 Å². The molecule has 0 spiro atoms. The first kappa shape index (κ1) is 17.2. The third-order valence-corrected chi connectivity index (χ3v) is 5.33. The maximum absolute atomic E-state index is 12.4. The van der Waals surface area contributed by atoms with Crippen LogP contribution in [-0.4, -0.2) is 29.2 Å². The molecule has 0 bridgehead atoms. The predicted octanol–water partition coefficient (Wildman–Crippen LogP) is 4.04. The molecule has 6 heteroatoms. The molecule has 1 aromatic heterocycles. The van der Waals surface area contributed by atoms with E-state index < -0.39 is 0 Å². The third kappa shape index (κ3) is 3.27. The van der Waals surface area contributed by atoms with Gasteiger partial charge in [-0.1, -0.05) is 36.4 Å². The van der Waals surface area contributed by atoms with Gasteiger partial charge < -0.3 is 5.32 Å². The zero-order chi connectivity index (χ0) is 18.8. The summed E-state index contributed by atoms with van der Waals surface area (Å²) in [4.78, 5) is 39.3. The van der Waals surface area contributed by atoms with Crippen molar-refractivity contribution in [2.45, 2.75) is 6.42 Å². The normalized spacial score (nSPS) is 13.0. The molecule has 0 saturated heterocycles. The summed E-state index contributed by atoms with van der Waals surface area (Å²) < 4.78 is 0. The first-order valence-electron chi connectivity index (χ1n) is 8.53. The molecule has 0 fully saturated rings. The smallest absolute Gasteiger partial charge is 0.261 e. The van der Waals surface area contributed by atoms with E-state index in [1.807, 2.05) is 41.8 Å². The van der Waals surface area contributed by atoms with Gasteiger partial charge in [-0.3, -0.25) is 19.3 Å². The fourth-order valence-corrected chi connectivity index (χ4v) is 3.87. The molecule has 0 atom stereocenters. The van der Waals surface area contributed by atoms with Gasteiger partial charge in [-0.25, -0.2) is 0 Å². The number of benzene rings is 2. The van der Waals surface area contributed by atoms with E-state index in [9.17, 15) is 14.4 Å². The fraction of sp³-hybridized carbons (Fsp3) is 0.0952. The molecular formula is C21H16N2O3S. The van der Waals surface area contributed by atoms with Crippen LogP contribution in [0.15, 0.2) is 66.0 Å². The minimum Gasteiger partial charge on any atom is -0.325 e. The van der Waals surface area contributed by atoms with Crippen LogP contribution in [0.5, 0.6) is 0 Å². The number of hydrogen-bond acceptors (Lipinski definition) is 4. The van der Waals surface area contributed by atoms with Gasteiger partial charge in [-0.05, 0) is 29.6 Å². The molecule has 2 heterocycles. The van der Waals surface area contributed by atoms with Gasteiger partial charge in [0.05, 0.1) is 11.1 Å². The average molecular weight is 376 g/mol. The summed E-state index contributed by atoms with van der Waals surface area (Å²) >= 11 is 1.60. The SMILES string of the molecule is O=C(CCN1C(=O)c2ccccc2C1=O)Nc1ccccc1-c1cccs1. The molecule has 5 nitrogen and oxygen atoms in total. The average Bonchev–Trinajstić information content (AvgIpc) is 3.29. The second-order valence-corrected chi connectivity index (χ2v) is 7.08. The second kappa shape index (κ2) is 7.17. The van der Waals surface area contributed by atoms with Crippen LogP contribution in [0.1, 0.15) is 27.1 Å². The Kier molecular flexibility index (Phi) is 4.56. The highest BCUT2D eigenvalue weighted by Crippen LogP contribution is 2.31. The quantitative estimate of drug-likeness (QED) is 0.684. The van der Waals surface area contributed by atoms with E-state index in [-0.39, 0.29) is 30.7 Å². The van der Waals surface area contributed by atoms with Crippen molar-refractivity contribution in [3.05, 3.63) is 77.2 Å². The van der Waals surface area contributed by atoms with Gasteiger partial charge in [-0.15, -0.1) is 11.3 Å². The van der Waals surface area contributed by atoms with Crippen LogP contribution >= 0.6 is 11.3 Å². The molecule has 3 aromatic rings. The van der Waals surface area contributed by atoms with Crippen LogP contribution in [0.25, 0.3) is 10.4 Å². The standard InChI is InChI=1S/C21H16N2O3S/c24-19(22-17-9-4-3-8-16(17)18-10-5-13-27-18)11-12-23-20(25)14-6-1-2-7-15(14)21(23)26/h1-10,13H,11-12H2,(H,22,24). The molecular weight excluding hydrogens is 360 g/mol. The van der Waals surface area contributed by atoms with Crippen LogP contribution in [-0.2, 0) is 4.79 Å². The predicted molar refractivity (Wildman–Crippen MR) is 105 cm³/mol. The number of fused-ring (bicyclic) bond motifs is 1. The minimum absolute atomic E-state index is 0.0459. The summed E-state index contributed by atoms with van der Waals surface area (Å²) in [7, 11) is 0. The highest BCUT2D eigenvalue weighted by Gasteiger charge is 2.34. The molecule has 0 unspecified atom stereocenters. The zero-order valence-corrected chi connectivity index (χ0v) is 15.2. The number of anilines is 1. The largest absolute Gasteiger partial charge is 0.325 e. The molecule has 0 aliphatic carbocycles. The lowest BCUT2D eigenvalue weighted by atomic mass is 10.1. The van der Waals surface area contributed by atoms with Crippen molar-refractivity contribution >= 4 is 34.7 Å². The Labute approximate surface area is 160 Å². The van der Waals surface area contributed by atoms with Crippen LogP contribution in [0.3, 0.4) is 0 Å². The first-order valence-corrected chi connectivity index (χ1v) is 9.41. The Morgan fingerprint density at radius 1 is 0.852 bits per heavy atom. The van der Waals surface area contributed by atoms with Gasteiger partial charge in [0.2, 0.25) is 5.91 Å². The van der Waals surface area contributed by atoms with Gasteiger partial charge in [0.15, 0.2) is 0 Å². The molecule has 1 aliphatic rings.